The van der Waals surface area contributed by atoms with Gasteiger partial charge in [0, 0.05) is 19.1 Å². The fourth-order valence-electron chi connectivity index (χ4n) is 1.26. The van der Waals surface area contributed by atoms with E-state index in [9.17, 15) is 5.11 Å². The zero-order chi connectivity index (χ0) is 8.10. The van der Waals surface area contributed by atoms with Crippen LogP contribution in [-0.4, -0.2) is 43.4 Å². The topological polar surface area (TPSA) is 70.3 Å². The maximum atomic E-state index is 9.33. The van der Waals surface area contributed by atoms with Crippen molar-refractivity contribution in [3.05, 3.63) is 0 Å². The Morgan fingerprint density at radius 1 is 1.50 bits per heavy atom. The fourth-order valence-corrected chi connectivity index (χ4v) is 1.26. The third kappa shape index (κ3) is 3.69. The van der Waals surface area contributed by atoms with Crippen LogP contribution >= 0.6 is 12.4 Å². The van der Waals surface area contributed by atoms with Crippen LogP contribution in [0.15, 0.2) is 0 Å². The molecule has 1 aliphatic heterocycles. The van der Waals surface area contributed by atoms with Gasteiger partial charge in [0.25, 0.3) is 0 Å². The number of rotatable bonds is 4. The Balaban J connectivity index is 0.00000121. The Bertz CT molecular complexity index is 115. The van der Waals surface area contributed by atoms with Gasteiger partial charge in [0.1, 0.15) is 0 Å². The number of hydrogen-bond acceptors (Lipinski definition) is 4. The van der Waals surface area contributed by atoms with Crippen molar-refractivity contribution in [2.75, 3.05) is 26.2 Å². The van der Waals surface area contributed by atoms with Gasteiger partial charge in [-0.05, 0) is 19.5 Å². The lowest BCUT2D eigenvalue weighted by molar-refractivity contribution is 0.163. The van der Waals surface area contributed by atoms with Gasteiger partial charge in [-0.3, -0.25) is 0 Å². The second-order valence-corrected chi connectivity index (χ2v) is 2.93. The zero-order valence-electron chi connectivity index (χ0n) is 7.12. The highest BCUT2D eigenvalue weighted by Crippen LogP contribution is 1.98. The number of aliphatic hydroxyl groups is 1. The molecule has 4 nitrogen and oxygen atoms in total. The molecule has 0 aromatic heterocycles. The molecule has 1 aliphatic rings. The number of β-amino-alcohol motifs (C(OH)–C–C–N with tert-alkyl or cyclic N) is 1. The highest BCUT2D eigenvalue weighted by Gasteiger charge is 2.23. The van der Waals surface area contributed by atoms with Gasteiger partial charge in [0.2, 0.25) is 0 Å². The van der Waals surface area contributed by atoms with E-state index in [2.05, 4.69) is 10.6 Å². The number of nitrogens with one attached hydrogen (secondary N) is 2. The lowest BCUT2D eigenvalue weighted by atomic mass is 10.2. The largest absolute Gasteiger partial charge is 0.390 e. The van der Waals surface area contributed by atoms with Crippen molar-refractivity contribution >= 4 is 12.4 Å². The molecule has 2 atom stereocenters. The Morgan fingerprint density at radius 2 is 2.25 bits per heavy atom. The van der Waals surface area contributed by atoms with Gasteiger partial charge in [-0.25, -0.2) is 0 Å². The number of hydrogen-bond donors (Lipinski definition) is 4. The van der Waals surface area contributed by atoms with Crippen LogP contribution in [0.4, 0.5) is 0 Å². The summed E-state index contributed by atoms with van der Waals surface area (Å²) in [5.74, 6) is 0. The van der Waals surface area contributed by atoms with E-state index in [4.69, 9.17) is 5.73 Å². The quantitative estimate of drug-likeness (QED) is 0.420. The summed E-state index contributed by atoms with van der Waals surface area (Å²) in [4.78, 5) is 0. The molecule has 0 aromatic rings. The van der Waals surface area contributed by atoms with E-state index in [1.807, 2.05) is 0 Å². The molecule has 0 unspecified atom stereocenters. The van der Waals surface area contributed by atoms with Crippen LogP contribution in [-0.2, 0) is 0 Å². The van der Waals surface area contributed by atoms with Crippen molar-refractivity contribution in [3.63, 3.8) is 0 Å². The fraction of sp³-hybridized carbons (Fsp3) is 1.00. The monoisotopic (exact) mass is 195 g/mol. The first kappa shape index (κ1) is 12.1. The summed E-state index contributed by atoms with van der Waals surface area (Å²) >= 11 is 0. The van der Waals surface area contributed by atoms with Crippen molar-refractivity contribution in [1.29, 1.82) is 0 Å². The summed E-state index contributed by atoms with van der Waals surface area (Å²) in [7, 11) is 0. The average Bonchev–Trinajstić information content (AvgIpc) is 2.37. The van der Waals surface area contributed by atoms with Crippen LogP contribution in [0.3, 0.4) is 0 Å². The minimum atomic E-state index is -0.229. The zero-order valence-corrected chi connectivity index (χ0v) is 7.94. The average molecular weight is 196 g/mol. The predicted molar refractivity (Wildman–Crippen MR) is 51.6 cm³/mol. The van der Waals surface area contributed by atoms with E-state index in [1.54, 1.807) is 0 Å². The first-order chi connectivity index (χ1) is 5.34. The van der Waals surface area contributed by atoms with Crippen LogP contribution in [0.1, 0.15) is 6.42 Å². The molecule has 0 saturated carbocycles. The third-order valence-electron chi connectivity index (χ3n) is 1.97. The molecular formula is C7H18ClN3O. The minimum absolute atomic E-state index is 0. The molecular weight excluding hydrogens is 178 g/mol. The summed E-state index contributed by atoms with van der Waals surface area (Å²) in [6, 6.07) is 0.224. The van der Waals surface area contributed by atoms with Gasteiger partial charge in [-0.2, -0.15) is 0 Å². The molecule has 5 N–H and O–H groups in total. The molecule has 1 fully saturated rings. The van der Waals surface area contributed by atoms with Gasteiger partial charge in [0.05, 0.1) is 6.10 Å². The van der Waals surface area contributed by atoms with Gasteiger partial charge in [-0.1, -0.05) is 0 Å². The predicted octanol–water partition coefficient (Wildman–Crippen LogP) is -1.32. The lowest BCUT2D eigenvalue weighted by Crippen LogP contribution is -2.39. The number of aliphatic hydroxyl groups excluding tert-OH is 1. The molecule has 0 aliphatic carbocycles. The standard InChI is InChI=1S/C7H17N3O.ClH/c8-2-1-3-10-6-4-9-5-7(6)11;/h6-7,9-11H,1-5,8H2;1H/t6-,7-;/m1./s1. The van der Waals surface area contributed by atoms with Crippen LogP contribution in [0.25, 0.3) is 0 Å². The molecule has 0 aromatic carbocycles. The first-order valence-corrected chi connectivity index (χ1v) is 4.17. The Labute approximate surface area is 79.3 Å². The normalized spacial score (nSPS) is 28.5. The second kappa shape index (κ2) is 6.62. The van der Waals surface area contributed by atoms with Crippen molar-refractivity contribution in [2.45, 2.75) is 18.6 Å². The second-order valence-electron chi connectivity index (χ2n) is 2.93. The highest BCUT2D eigenvalue weighted by atomic mass is 35.5. The third-order valence-corrected chi connectivity index (χ3v) is 1.97. The van der Waals surface area contributed by atoms with E-state index >= 15 is 0 Å². The molecule has 1 saturated heterocycles. The maximum absolute atomic E-state index is 9.33. The molecule has 5 heteroatoms. The van der Waals surface area contributed by atoms with Crippen molar-refractivity contribution in [2.24, 2.45) is 5.73 Å². The lowest BCUT2D eigenvalue weighted by Gasteiger charge is -2.14. The summed E-state index contributed by atoms with van der Waals surface area (Å²) in [5.41, 5.74) is 5.33. The Kier molecular flexibility index (Phi) is 6.70. The van der Waals surface area contributed by atoms with Gasteiger partial charge in [0.15, 0.2) is 0 Å². The Hall–Kier alpha value is 0.130. The summed E-state index contributed by atoms with van der Waals surface area (Å²) in [6.45, 7) is 3.19. The van der Waals surface area contributed by atoms with Gasteiger partial charge < -0.3 is 21.5 Å². The van der Waals surface area contributed by atoms with E-state index in [0.717, 1.165) is 19.5 Å². The molecule has 0 radical (unpaired) electrons. The maximum Gasteiger partial charge on any atom is 0.0829 e. The first-order valence-electron chi connectivity index (χ1n) is 4.17. The van der Waals surface area contributed by atoms with Crippen molar-refractivity contribution in [1.82, 2.24) is 10.6 Å². The minimum Gasteiger partial charge on any atom is -0.390 e. The SMILES string of the molecule is Cl.NCCCN[C@@H]1CNC[C@H]1O. The van der Waals surface area contributed by atoms with E-state index in [1.165, 1.54) is 0 Å². The Morgan fingerprint density at radius 3 is 2.75 bits per heavy atom. The van der Waals surface area contributed by atoms with E-state index < -0.39 is 0 Å². The molecule has 0 amide bonds. The molecule has 1 heterocycles. The van der Waals surface area contributed by atoms with Crippen LogP contribution in [0.5, 0.6) is 0 Å². The van der Waals surface area contributed by atoms with Crippen LogP contribution in [0, 0.1) is 0 Å². The summed E-state index contributed by atoms with van der Waals surface area (Å²) in [5, 5.41) is 15.7. The van der Waals surface area contributed by atoms with E-state index in [-0.39, 0.29) is 24.6 Å². The summed E-state index contributed by atoms with van der Waals surface area (Å²) < 4.78 is 0. The van der Waals surface area contributed by atoms with Crippen molar-refractivity contribution in [3.8, 4) is 0 Å². The van der Waals surface area contributed by atoms with Crippen LogP contribution < -0.4 is 16.4 Å². The molecule has 1 rings (SSSR count). The van der Waals surface area contributed by atoms with Crippen LogP contribution in [0.2, 0.25) is 0 Å². The van der Waals surface area contributed by atoms with Gasteiger partial charge >= 0.3 is 0 Å². The number of halogens is 1. The summed E-state index contributed by atoms with van der Waals surface area (Å²) in [6.07, 6.45) is 0.747. The molecule has 74 valence electrons. The number of nitrogens with two attached hydrogens (primary N) is 1. The molecule has 12 heavy (non-hydrogen) atoms. The smallest absolute Gasteiger partial charge is 0.0829 e. The molecule has 0 bridgehead atoms. The highest BCUT2D eigenvalue weighted by molar-refractivity contribution is 5.85. The van der Waals surface area contributed by atoms with E-state index in [0.29, 0.717) is 13.1 Å². The van der Waals surface area contributed by atoms with Crippen molar-refractivity contribution < 1.29 is 5.11 Å². The van der Waals surface area contributed by atoms with Gasteiger partial charge in [-0.15, -0.1) is 12.4 Å². The molecule has 0 spiro atoms.